The number of rotatable bonds is 12. The quantitative estimate of drug-likeness (QED) is 0.468. The monoisotopic (exact) mass is 385 g/mol. The zero-order chi connectivity index (χ0) is 17.1. The second-order valence-corrected chi connectivity index (χ2v) is 6.95. The van der Waals surface area contributed by atoms with Crippen LogP contribution < -0.4 is 14.8 Å². The molecule has 0 fully saturated rings. The highest BCUT2D eigenvalue weighted by Crippen LogP contribution is 2.37. The van der Waals surface area contributed by atoms with Gasteiger partial charge in [0.1, 0.15) is 0 Å². The third kappa shape index (κ3) is 8.07. The molecule has 0 bridgehead atoms. The number of nitrogens with one attached hydrogen (secondary N) is 1. The highest BCUT2D eigenvalue weighted by Gasteiger charge is 2.13. The Morgan fingerprint density at radius 1 is 1.09 bits per heavy atom. The van der Waals surface area contributed by atoms with Gasteiger partial charge in [0, 0.05) is 6.54 Å². The van der Waals surface area contributed by atoms with Gasteiger partial charge in [0.15, 0.2) is 11.5 Å². The molecule has 0 aliphatic heterocycles. The van der Waals surface area contributed by atoms with E-state index in [1.807, 2.05) is 20.8 Å². The van der Waals surface area contributed by atoms with Gasteiger partial charge in [-0.3, -0.25) is 0 Å². The Hall–Kier alpha value is -0.740. The molecule has 0 radical (unpaired) electrons. The molecule has 0 amide bonds. The Morgan fingerprint density at radius 3 is 2.48 bits per heavy atom. The molecule has 1 rings (SSSR count). The van der Waals surface area contributed by atoms with Crippen LogP contribution in [0.15, 0.2) is 16.6 Å². The van der Waals surface area contributed by atoms with Crippen molar-refractivity contribution in [3.05, 3.63) is 22.2 Å². The van der Waals surface area contributed by atoms with Gasteiger partial charge in [-0.25, -0.2) is 0 Å². The van der Waals surface area contributed by atoms with Gasteiger partial charge in [0.25, 0.3) is 0 Å². The summed E-state index contributed by atoms with van der Waals surface area (Å²) in [5, 5.41) is 3.52. The van der Waals surface area contributed by atoms with Gasteiger partial charge >= 0.3 is 0 Å². The lowest BCUT2D eigenvalue weighted by atomic mass is 10.1. The van der Waals surface area contributed by atoms with E-state index >= 15 is 0 Å². The standard InChI is InChI=1S/C19H32BrNO2/c1-5-7-8-9-10-11-21-14-16-12-17(20)19(23-15(3)4)18(13-16)22-6-2/h12-13,15,21H,5-11,14H2,1-4H3. The normalized spacial score (nSPS) is 11.0. The molecular weight excluding hydrogens is 354 g/mol. The van der Waals surface area contributed by atoms with Crippen LogP contribution >= 0.6 is 15.9 Å². The Labute approximate surface area is 150 Å². The Kier molecular flexibility index (Phi) is 10.4. The van der Waals surface area contributed by atoms with E-state index in [1.54, 1.807) is 0 Å². The van der Waals surface area contributed by atoms with Gasteiger partial charge in [-0.05, 0) is 67.4 Å². The second kappa shape index (κ2) is 11.7. The fourth-order valence-corrected chi connectivity index (χ4v) is 3.01. The van der Waals surface area contributed by atoms with E-state index < -0.39 is 0 Å². The summed E-state index contributed by atoms with van der Waals surface area (Å²) in [7, 11) is 0. The zero-order valence-corrected chi connectivity index (χ0v) is 16.7. The molecule has 0 aliphatic carbocycles. The van der Waals surface area contributed by atoms with Gasteiger partial charge in [0.05, 0.1) is 17.2 Å². The number of hydrogen-bond acceptors (Lipinski definition) is 3. The Balaban J connectivity index is 2.55. The van der Waals surface area contributed by atoms with Crippen LogP contribution in [0.2, 0.25) is 0 Å². The zero-order valence-electron chi connectivity index (χ0n) is 15.1. The van der Waals surface area contributed by atoms with Crippen molar-refractivity contribution in [2.24, 2.45) is 0 Å². The first-order valence-corrected chi connectivity index (χ1v) is 9.70. The topological polar surface area (TPSA) is 30.5 Å². The average molecular weight is 386 g/mol. The molecule has 1 aromatic carbocycles. The number of ether oxygens (including phenoxy) is 2. The van der Waals surface area contributed by atoms with Crippen molar-refractivity contribution in [3.8, 4) is 11.5 Å². The summed E-state index contributed by atoms with van der Waals surface area (Å²) in [4.78, 5) is 0. The number of benzene rings is 1. The maximum absolute atomic E-state index is 5.87. The van der Waals surface area contributed by atoms with Crippen molar-refractivity contribution >= 4 is 15.9 Å². The van der Waals surface area contributed by atoms with Crippen LogP contribution in [-0.2, 0) is 6.54 Å². The summed E-state index contributed by atoms with van der Waals surface area (Å²) >= 11 is 3.61. The summed E-state index contributed by atoms with van der Waals surface area (Å²) in [6.07, 6.45) is 6.68. The van der Waals surface area contributed by atoms with Crippen LogP contribution in [0.4, 0.5) is 0 Å². The predicted molar refractivity (Wildman–Crippen MR) is 102 cm³/mol. The van der Waals surface area contributed by atoms with Gasteiger partial charge in [-0.2, -0.15) is 0 Å². The molecule has 0 saturated heterocycles. The first-order valence-electron chi connectivity index (χ1n) is 8.91. The average Bonchev–Trinajstić information content (AvgIpc) is 2.50. The molecule has 3 nitrogen and oxygen atoms in total. The molecule has 0 spiro atoms. The minimum atomic E-state index is 0.123. The highest BCUT2D eigenvalue weighted by atomic mass is 79.9. The first kappa shape index (κ1) is 20.3. The molecule has 4 heteroatoms. The van der Waals surface area contributed by atoms with Gasteiger partial charge in [-0.15, -0.1) is 0 Å². The Morgan fingerprint density at radius 2 is 1.83 bits per heavy atom. The molecule has 1 N–H and O–H groups in total. The largest absolute Gasteiger partial charge is 0.490 e. The van der Waals surface area contributed by atoms with E-state index in [4.69, 9.17) is 9.47 Å². The highest BCUT2D eigenvalue weighted by molar-refractivity contribution is 9.10. The van der Waals surface area contributed by atoms with E-state index in [0.717, 1.165) is 29.1 Å². The minimum absolute atomic E-state index is 0.123. The summed E-state index contributed by atoms with van der Waals surface area (Å²) in [5.74, 6) is 1.61. The molecular formula is C19H32BrNO2. The fourth-order valence-electron chi connectivity index (χ4n) is 2.42. The number of hydrogen-bond donors (Lipinski definition) is 1. The Bertz CT molecular complexity index is 449. The number of halogens is 1. The molecule has 23 heavy (non-hydrogen) atoms. The van der Waals surface area contributed by atoms with Gasteiger partial charge in [0.2, 0.25) is 0 Å². The van der Waals surface area contributed by atoms with Crippen molar-refractivity contribution in [3.63, 3.8) is 0 Å². The molecule has 0 atom stereocenters. The van der Waals surface area contributed by atoms with Crippen molar-refractivity contribution in [1.82, 2.24) is 5.32 Å². The minimum Gasteiger partial charge on any atom is -0.490 e. The van der Waals surface area contributed by atoms with Crippen LogP contribution in [0.5, 0.6) is 11.5 Å². The summed E-state index contributed by atoms with van der Waals surface area (Å²) < 4.78 is 12.6. The van der Waals surface area contributed by atoms with Crippen LogP contribution in [0.25, 0.3) is 0 Å². The van der Waals surface area contributed by atoms with E-state index in [1.165, 1.54) is 37.7 Å². The third-order valence-electron chi connectivity index (χ3n) is 3.51. The molecule has 0 aliphatic rings. The van der Waals surface area contributed by atoms with Gasteiger partial charge in [-0.1, -0.05) is 32.6 Å². The third-order valence-corrected chi connectivity index (χ3v) is 4.10. The lowest BCUT2D eigenvalue weighted by molar-refractivity contribution is 0.222. The molecule has 132 valence electrons. The molecule has 0 saturated carbocycles. The maximum atomic E-state index is 5.87. The summed E-state index contributed by atoms with van der Waals surface area (Å²) in [6.45, 7) is 10.8. The lowest BCUT2D eigenvalue weighted by Gasteiger charge is -2.17. The maximum Gasteiger partial charge on any atom is 0.175 e. The SMILES string of the molecule is CCCCCCCNCc1cc(Br)c(OC(C)C)c(OCC)c1. The second-order valence-electron chi connectivity index (χ2n) is 6.10. The molecule has 0 heterocycles. The first-order chi connectivity index (χ1) is 11.1. The predicted octanol–water partition coefficient (Wildman–Crippen LogP) is 5.70. The molecule has 0 aromatic heterocycles. The fraction of sp³-hybridized carbons (Fsp3) is 0.684. The van der Waals surface area contributed by atoms with E-state index in [9.17, 15) is 0 Å². The van der Waals surface area contributed by atoms with Crippen LogP contribution in [0.1, 0.15) is 65.4 Å². The molecule has 0 unspecified atom stereocenters. The smallest absolute Gasteiger partial charge is 0.175 e. The summed E-state index contributed by atoms with van der Waals surface area (Å²) in [5.41, 5.74) is 1.21. The van der Waals surface area contributed by atoms with Crippen molar-refractivity contribution in [2.45, 2.75) is 72.4 Å². The van der Waals surface area contributed by atoms with Crippen LogP contribution in [0, 0.1) is 0 Å². The van der Waals surface area contributed by atoms with Crippen molar-refractivity contribution in [1.29, 1.82) is 0 Å². The summed E-state index contributed by atoms with van der Waals surface area (Å²) in [6, 6.07) is 4.19. The van der Waals surface area contributed by atoms with E-state index in [0.29, 0.717) is 6.61 Å². The van der Waals surface area contributed by atoms with Crippen molar-refractivity contribution < 1.29 is 9.47 Å². The van der Waals surface area contributed by atoms with E-state index in [2.05, 4.69) is 40.3 Å². The molecule has 1 aromatic rings. The van der Waals surface area contributed by atoms with Crippen LogP contribution in [-0.4, -0.2) is 19.3 Å². The van der Waals surface area contributed by atoms with Crippen molar-refractivity contribution in [2.75, 3.05) is 13.2 Å². The van der Waals surface area contributed by atoms with Gasteiger partial charge < -0.3 is 14.8 Å². The van der Waals surface area contributed by atoms with Crippen LogP contribution in [0.3, 0.4) is 0 Å². The lowest BCUT2D eigenvalue weighted by Crippen LogP contribution is -2.15. The van der Waals surface area contributed by atoms with E-state index in [-0.39, 0.29) is 6.10 Å². The number of unbranched alkanes of at least 4 members (excludes halogenated alkanes) is 4.